The van der Waals surface area contributed by atoms with Crippen LogP contribution in [0.1, 0.15) is 23.6 Å². The van der Waals surface area contributed by atoms with Crippen LogP contribution in [0.3, 0.4) is 0 Å². The molecule has 0 aromatic heterocycles. The first-order valence-electron chi connectivity index (χ1n) is 5.17. The van der Waals surface area contributed by atoms with Crippen molar-refractivity contribution in [2.24, 2.45) is 0 Å². The van der Waals surface area contributed by atoms with Gasteiger partial charge in [0, 0.05) is 11.4 Å². The van der Waals surface area contributed by atoms with Crippen molar-refractivity contribution in [1.82, 2.24) is 5.32 Å². The molecule has 0 bridgehead atoms. The van der Waals surface area contributed by atoms with Crippen LogP contribution in [-0.2, 0) is 10.9 Å². The minimum Gasteiger partial charge on any atom is -0.449 e. The van der Waals surface area contributed by atoms with Gasteiger partial charge in [0.2, 0.25) is 0 Å². The molecule has 19 heavy (non-hydrogen) atoms. The number of hydrogen-bond donors (Lipinski definition) is 1. The van der Waals surface area contributed by atoms with Gasteiger partial charge in [-0.15, -0.1) is 12.4 Å². The van der Waals surface area contributed by atoms with Gasteiger partial charge in [0.05, 0.1) is 18.2 Å². The minimum absolute atomic E-state index is 0. The summed E-state index contributed by atoms with van der Waals surface area (Å²) in [5.41, 5.74) is -0.503. The summed E-state index contributed by atoms with van der Waals surface area (Å²) >= 11 is 5.67. The number of carbonyl (C=O) groups excluding carboxylic acids is 1. The monoisotopic (exact) mass is 315 g/mol. The van der Waals surface area contributed by atoms with Gasteiger partial charge in [-0.05, 0) is 23.8 Å². The third-order valence-electron chi connectivity index (χ3n) is 2.58. The molecule has 1 atom stereocenters. The number of halogens is 5. The number of carbonyl (C=O) groups is 1. The van der Waals surface area contributed by atoms with E-state index < -0.39 is 23.9 Å². The Morgan fingerprint density at radius 3 is 2.58 bits per heavy atom. The molecular formula is C11H10Cl2F3NO2. The molecule has 1 fully saturated rings. The molecule has 0 radical (unpaired) electrons. The summed E-state index contributed by atoms with van der Waals surface area (Å²) in [5.74, 6) is 0. The van der Waals surface area contributed by atoms with Gasteiger partial charge in [0.15, 0.2) is 0 Å². The Hall–Kier alpha value is -1.14. The molecule has 1 aliphatic heterocycles. The summed E-state index contributed by atoms with van der Waals surface area (Å²) in [6.45, 7) is 0.171. The van der Waals surface area contributed by atoms with Crippen LogP contribution < -0.4 is 5.32 Å². The van der Waals surface area contributed by atoms with Crippen LogP contribution in [0.15, 0.2) is 18.2 Å². The van der Waals surface area contributed by atoms with E-state index in [0.29, 0.717) is 12.0 Å². The summed E-state index contributed by atoms with van der Waals surface area (Å²) in [6.07, 6.45) is -4.70. The molecule has 1 N–H and O–H groups in total. The molecule has 0 aliphatic carbocycles. The lowest BCUT2D eigenvalue weighted by Gasteiger charge is -2.24. The second-order valence-electron chi connectivity index (χ2n) is 3.89. The fraction of sp³-hybridized carbons (Fsp3) is 0.364. The maximum absolute atomic E-state index is 12.6. The Morgan fingerprint density at radius 2 is 2.00 bits per heavy atom. The van der Waals surface area contributed by atoms with Gasteiger partial charge in [-0.3, -0.25) is 0 Å². The maximum Gasteiger partial charge on any atom is 0.416 e. The molecule has 106 valence electrons. The Morgan fingerprint density at radius 1 is 1.32 bits per heavy atom. The van der Waals surface area contributed by atoms with E-state index in [2.05, 4.69) is 10.1 Å². The Balaban J connectivity index is 0.00000180. The fourth-order valence-corrected chi connectivity index (χ4v) is 2.00. The molecule has 1 aliphatic rings. The van der Waals surface area contributed by atoms with E-state index in [4.69, 9.17) is 11.6 Å². The zero-order valence-electron chi connectivity index (χ0n) is 9.46. The molecule has 3 nitrogen and oxygen atoms in total. The number of nitrogens with one attached hydrogen (secondary N) is 1. The topological polar surface area (TPSA) is 38.3 Å². The van der Waals surface area contributed by atoms with Crippen LogP contribution >= 0.6 is 24.0 Å². The molecular weight excluding hydrogens is 306 g/mol. The quantitative estimate of drug-likeness (QED) is 0.852. The smallest absolute Gasteiger partial charge is 0.416 e. The van der Waals surface area contributed by atoms with Crippen molar-refractivity contribution >= 4 is 30.1 Å². The SMILES string of the molecule is Cl.O=C1N[C@@H](c2cc(Cl)cc(C(F)(F)F)c2)CCO1. The number of alkyl carbamates (subject to hydrolysis) is 1. The average Bonchev–Trinajstić information content (AvgIpc) is 2.27. The van der Waals surface area contributed by atoms with Crippen LogP contribution in [0.25, 0.3) is 0 Å². The van der Waals surface area contributed by atoms with Crippen LogP contribution in [0, 0.1) is 0 Å². The lowest BCUT2D eigenvalue weighted by molar-refractivity contribution is -0.137. The average molecular weight is 316 g/mol. The Labute approximate surface area is 118 Å². The van der Waals surface area contributed by atoms with Gasteiger partial charge in [-0.2, -0.15) is 13.2 Å². The minimum atomic E-state index is -4.46. The van der Waals surface area contributed by atoms with E-state index in [0.717, 1.165) is 12.1 Å². The first-order chi connectivity index (χ1) is 8.36. The molecule has 1 heterocycles. The normalized spacial score (nSPS) is 19.2. The van der Waals surface area contributed by atoms with Gasteiger partial charge in [-0.1, -0.05) is 11.6 Å². The molecule has 0 unspecified atom stereocenters. The van der Waals surface area contributed by atoms with Crippen molar-refractivity contribution in [3.8, 4) is 0 Å². The van der Waals surface area contributed by atoms with Gasteiger partial charge < -0.3 is 10.1 Å². The first-order valence-corrected chi connectivity index (χ1v) is 5.55. The number of alkyl halides is 3. The molecule has 1 saturated heterocycles. The highest BCUT2D eigenvalue weighted by molar-refractivity contribution is 6.30. The van der Waals surface area contributed by atoms with Crippen LogP contribution in [-0.4, -0.2) is 12.7 Å². The molecule has 1 aromatic rings. The summed E-state index contributed by atoms with van der Waals surface area (Å²) in [7, 11) is 0. The number of amides is 1. The van der Waals surface area contributed by atoms with Crippen molar-refractivity contribution in [1.29, 1.82) is 0 Å². The summed E-state index contributed by atoms with van der Waals surface area (Å²) < 4.78 is 42.5. The van der Waals surface area contributed by atoms with E-state index in [1.54, 1.807) is 0 Å². The summed E-state index contributed by atoms with van der Waals surface area (Å²) in [6, 6.07) is 2.74. The zero-order valence-corrected chi connectivity index (χ0v) is 11.0. The fourth-order valence-electron chi connectivity index (χ4n) is 1.75. The summed E-state index contributed by atoms with van der Waals surface area (Å²) in [5, 5.41) is 2.44. The lowest BCUT2D eigenvalue weighted by Crippen LogP contribution is -2.35. The van der Waals surface area contributed by atoms with Crippen molar-refractivity contribution < 1.29 is 22.7 Å². The van der Waals surface area contributed by atoms with Gasteiger partial charge in [0.25, 0.3) is 0 Å². The van der Waals surface area contributed by atoms with Crippen molar-refractivity contribution in [3.63, 3.8) is 0 Å². The molecule has 1 aromatic carbocycles. The van der Waals surface area contributed by atoms with Crippen molar-refractivity contribution in [2.75, 3.05) is 6.61 Å². The van der Waals surface area contributed by atoms with Gasteiger partial charge in [0.1, 0.15) is 0 Å². The van der Waals surface area contributed by atoms with Crippen molar-refractivity contribution in [2.45, 2.75) is 18.6 Å². The predicted molar refractivity (Wildman–Crippen MR) is 65.5 cm³/mol. The van der Waals surface area contributed by atoms with Gasteiger partial charge >= 0.3 is 12.3 Å². The third kappa shape index (κ3) is 3.91. The van der Waals surface area contributed by atoms with Crippen LogP contribution in [0.4, 0.5) is 18.0 Å². The maximum atomic E-state index is 12.6. The number of rotatable bonds is 1. The first kappa shape index (κ1) is 15.9. The molecule has 1 amide bonds. The zero-order chi connectivity index (χ0) is 13.3. The molecule has 8 heteroatoms. The number of hydrogen-bond acceptors (Lipinski definition) is 2. The number of ether oxygens (including phenoxy) is 1. The summed E-state index contributed by atoms with van der Waals surface area (Å²) in [4.78, 5) is 11.0. The van der Waals surface area contributed by atoms with Crippen LogP contribution in [0.5, 0.6) is 0 Å². The standard InChI is InChI=1S/C11H9ClF3NO2.ClH/c12-8-4-6(3-7(5-8)11(13,14)15)9-1-2-18-10(17)16-9;/h3-5,9H,1-2H2,(H,16,17);1H/t9-;/m1./s1. The van der Waals surface area contributed by atoms with E-state index in [9.17, 15) is 18.0 Å². The lowest BCUT2D eigenvalue weighted by atomic mass is 10.0. The van der Waals surface area contributed by atoms with Crippen molar-refractivity contribution in [3.05, 3.63) is 34.3 Å². The third-order valence-corrected chi connectivity index (χ3v) is 2.80. The highest BCUT2D eigenvalue weighted by Gasteiger charge is 2.32. The number of benzene rings is 1. The van der Waals surface area contributed by atoms with Crippen LogP contribution in [0.2, 0.25) is 5.02 Å². The Kier molecular flexibility index (Phi) is 4.92. The van der Waals surface area contributed by atoms with E-state index in [-0.39, 0.29) is 24.0 Å². The second kappa shape index (κ2) is 5.88. The van der Waals surface area contributed by atoms with E-state index in [1.165, 1.54) is 6.07 Å². The molecule has 0 saturated carbocycles. The van der Waals surface area contributed by atoms with Gasteiger partial charge in [-0.25, -0.2) is 4.79 Å². The second-order valence-corrected chi connectivity index (χ2v) is 4.33. The predicted octanol–water partition coefficient (Wildman–Crippen LogP) is 3.95. The molecule has 2 rings (SSSR count). The highest BCUT2D eigenvalue weighted by atomic mass is 35.5. The van der Waals surface area contributed by atoms with E-state index in [1.807, 2.05) is 0 Å². The largest absolute Gasteiger partial charge is 0.449 e. The highest BCUT2D eigenvalue weighted by Crippen LogP contribution is 2.34. The Bertz CT molecular complexity index is 479. The number of cyclic esters (lactones) is 1. The molecule has 0 spiro atoms. The van der Waals surface area contributed by atoms with E-state index >= 15 is 0 Å².